The lowest BCUT2D eigenvalue weighted by molar-refractivity contribution is 0.0789. The van der Waals surface area contributed by atoms with Gasteiger partial charge in [0.1, 0.15) is 0 Å². The molecule has 0 aliphatic rings. The topological polar surface area (TPSA) is 20.2 Å². The van der Waals surface area contributed by atoms with Crippen LogP contribution in [0.4, 0.5) is 0 Å². The fourth-order valence-corrected chi connectivity index (χ4v) is 1.74. The van der Waals surface area contributed by atoms with Gasteiger partial charge in [-0.25, -0.2) is 0 Å². The van der Waals surface area contributed by atoms with E-state index in [4.69, 9.17) is 0 Å². The Morgan fingerprint density at radius 1 is 1.42 bits per heavy atom. The quantitative estimate of drug-likeness (QED) is 0.624. The first kappa shape index (κ1) is 12.4. The van der Waals surface area contributed by atoms with Crippen molar-refractivity contribution in [2.24, 2.45) is 0 Å². The number of hydrogen-bond acceptors (Lipinski definition) is 4. The maximum Gasteiger partial charge on any atom is 0.0848 e. The number of rotatable bonds is 1. The Hall–Kier alpha value is 0.360. The number of thiophene rings is 1. The molecular weight excluding hydrogens is 208 g/mol. The van der Waals surface area contributed by atoms with Gasteiger partial charge in [-0.2, -0.15) is 12.6 Å². The van der Waals surface area contributed by atoms with Gasteiger partial charge in [-0.3, -0.25) is 0 Å². The lowest BCUT2D eigenvalue weighted by atomic mass is 10.0. The molecular formula is C8H14OS3. The Balaban J connectivity index is 0.000000561. The van der Waals surface area contributed by atoms with Crippen LogP contribution in [0.25, 0.3) is 0 Å². The molecule has 1 aromatic heterocycles. The van der Waals surface area contributed by atoms with Gasteiger partial charge in [-0.1, -0.05) is 0 Å². The summed E-state index contributed by atoms with van der Waals surface area (Å²) in [5.74, 6) is 0. The van der Waals surface area contributed by atoms with Crippen LogP contribution in [-0.4, -0.2) is 11.4 Å². The van der Waals surface area contributed by atoms with Gasteiger partial charge in [0.2, 0.25) is 0 Å². The van der Waals surface area contributed by atoms with Crippen LogP contribution >= 0.6 is 36.6 Å². The minimum absolute atomic E-state index is 0.725. The van der Waals surface area contributed by atoms with Gasteiger partial charge in [-0.15, -0.1) is 24.0 Å². The van der Waals surface area contributed by atoms with E-state index in [1.54, 1.807) is 20.1 Å². The van der Waals surface area contributed by atoms with E-state index in [0.29, 0.717) is 0 Å². The van der Waals surface area contributed by atoms with E-state index < -0.39 is 5.60 Å². The highest BCUT2D eigenvalue weighted by Crippen LogP contribution is 2.26. The molecule has 0 unspecified atom stereocenters. The second-order valence-corrected chi connectivity index (χ2v) is 4.43. The molecule has 0 bridgehead atoms. The molecule has 0 amide bonds. The highest BCUT2D eigenvalue weighted by Gasteiger charge is 2.16. The van der Waals surface area contributed by atoms with Crippen LogP contribution in [0, 0.1) is 0 Å². The summed E-state index contributed by atoms with van der Waals surface area (Å²) in [6, 6.07) is 1.88. The third kappa shape index (κ3) is 3.85. The number of aliphatic hydroxyl groups is 1. The van der Waals surface area contributed by atoms with E-state index in [0.717, 1.165) is 9.77 Å². The van der Waals surface area contributed by atoms with Gasteiger partial charge in [0.15, 0.2) is 0 Å². The molecule has 70 valence electrons. The highest BCUT2D eigenvalue weighted by molar-refractivity contribution is 7.82. The molecule has 1 nitrogen and oxygen atoms in total. The summed E-state index contributed by atoms with van der Waals surface area (Å²) < 4.78 is 0.942. The van der Waals surface area contributed by atoms with Crippen LogP contribution in [0.1, 0.15) is 19.4 Å². The average molecular weight is 222 g/mol. The molecule has 0 saturated heterocycles. The normalized spacial score (nSPS) is 10.5. The standard InChI is InChI=1S/C7H10OS2.CH4S/c1-7(2,8)5-3-6(9)10-4-5;1-2/h3-4,8-9H,1-2H3;2H,1H3. The van der Waals surface area contributed by atoms with Gasteiger partial charge in [0, 0.05) is 0 Å². The molecule has 1 N–H and O–H groups in total. The zero-order chi connectivity index (χ0) is 9.78. The van der Waals surface area contributed by atoms with Crippen molar-refractivity contribution in [2.45, 2.75) is 23.7 Å². The second-order valence-electron chi connectivity index (χ2n) is 2.73. The van der Waals surface area contributed by atoms with E-state index in [1.807, 2.05) is 11.4 Å². The molecule has 0 aliphatic carbocycles. The third-order valence-electron chi connectivity index (χ3n) is 1.29. The fourth-order valence-electron chi connectivity index (χ4n) is 0.646. The smallest absolute Gasteiger partial charge is 0.0848 e. The van der Waals surface area contributed by atoms with Crippen molar-refractivity contribution in [3.8, 4) is 0 Å². The molecule has 1 heterocycles. The first-order valence-electron chi connectivity index (χ1n) is 3.45. The van der Waals surface area contributed by atoms with Gasteiger partial charge in [-0.05, 0) is 37.1 Å². The summed E-state index contributed by atoms with van der Waals surface area (Å²) in [6.45, 7) is 3.53. The number of hydrogen-bond donors (Lipinski definition) is 3. The molecule has 0 atom stereocenters. The molecule has 0 radical (unpaired) electrons. The summed E-state index contributed by atoms with van der Waals surface area (Å²) in [7, 11) is 0. The molecule has 0 saturated carbocycles. The van der Waals surface area contributed by atoms with E-state index in [1.165, 1.54) is 11.3 Å². The Morgan fingerprint density at radius 2 is 1.92 bits per heavy atom. The molecule has 1 rings (SSSR count). The van der Waals surface area contributed by atoms with Gasteiger partial charge < -0.3 is 5.11 Å². The maximum atomic E-state index is 9.48. The van der Waals surface area contributed by atoms with Gasteiger partial charge in [0.05, 0.1) is 9.81 Å². The Labute approximate surface area is 88.6 Å². The molecule has 1 aromatic rings. The Bertz CT molecular complexity index is 224. The summed E-state index contributed by atoms with van der Waals surface area (Å²) in [4.78, 5) is 0. The van der Waals surface area contributed by atoms with Crippen molar-refractivity contribution in [1.29, 1.82) is 0 Å². The van der Waals surface area contributed by atoms with Crippen LogP contribution in [-0.2, 0) is 5.60 Å². The van der Waals surface area contributed by atoms with Crippen LogP contribution in [0.5, 0.6) is 0 Å². The average Bonchev–Trinajstić information content (AvgIpc) is 2.39. The lowest BCUT2D eigenvalue weighted by Crippen LogP contribution is -2.13. The first-order valence-corrected chi connectivity index (χ1v) is 5.67. The summed E-state index contributed by atoms with van der Waals surface area (Å²) in [6.07, 6.45) is 1.69. The monoisotopic (exact) mass is 222 g/mol. The van der Waals surface area contributed by atoms with E-state index >= 15 is 0 Å². The van der Waals surface area contributed by atoms with Crippen molar-refractivity contribution in [3.05, 3.63) is 17.0 Å². The minimum atomic E-state index is -0.725. The van der Waals surface area contributed by atoms with Gasteiger partial charge >= 0.3 is 0 Å². The molecule has 4 heteroatoms. The first-order chi connectivity index (χ1) is 5.50. The lowest BCUT2D eigenvalue weighted by Gasteiger charge is -2.14. The fraction of sp³-hybridized carbons (Fsp3) is 0.500. The minimum Gasteiger partial charge on any atom is -0.386 e. The van der Waals surface area contributed by atoms with E-state index in [-0.39, 0.29) is 0 Å². The zero-order valence-corrected chi connectivity index (χ0v) is 10.0. The number of thiol groups is 2. The van der Waals surface area contributed by atoms with E-state index in [2.05, 4.69) is 25.3 Å². The van der Waals surface area contributed by atoms with Crippen molar-refractivity contribution >= 4 is 36.6 Å². The molecule has 12 heavy (non-hydrogen) atoms. The molecule has 0 spiro atoms. The van der Waals surface area contributed by atoms with Crippen molar-refractivity contribution in [3.63, 3.8) is 0 Å². The maximum absolute atomic E-state index is 9.48. The Kier molecular flexibility index (Phi) is 5.32. The zero-order valence-electron chi connectivity index (χ0n) is 7.40. The summed E-state index contributed by atoms with van der Waals surface area (Å²) in [5, 5.41) is 11.4. The largest absolute Gasteiger partial charge is 0.386 e. The SMILES string of the molecule is CC(C)(O)c1csc(S)c1.CS. The molecule has 0 aromatic carbocycles. The van der Waals surface area contributed by atoms with Gasteiger partial charge in [0.25, 0.3) is 0 Å². The van der Waals surface area contributed by atoms with Crippen LogP contribution in [0.15, 0.2) is 15.7 Å². The molecule has 0 aliphatic heterocycles. The summed E-state index contributed by atoms with van der Waals surface area (Å²) in [5.41, 5.74) is 0.208. The van der Waals surface area contributed by atoms with Crippen LogP contribution < -0.4 is 0 Å². The van der Waals surface area contributed by atoms with Crippen molar-refractivity contribution in [1.82, 2.24) is 0 Å². The van der Waals surface area contributed by atoms with Crippen LogP contribution in [0.3, 0.4) is 0 Å². The second kappa shape index (κ2) is 5.17. The van der Waals surface area contributed by atoms with Crippen molar-refractivity contribution < 1.29 is 5.11 Å². The van der Waals surface area contributed by atoms with E-state index in [9.17, 15) is 5.11 Å². The Morgan fingerprint density at radius 3 is 2.08 bits per heavy atom. The third-order valence-corrected chi connectivity index (χ3v) is 2.47. The predicted octanol–water partition coefficient (Wildman–Crippen LogP) is 2.81. The van der Waals surface area contributed by atoms with Crippen LogP contribution in [0.2, 0.25) is 0 Å². The summed E-state index contributed by atoms with van der Waals surface area (Å²) >= 11 is 9.21. The molecule has 0 fully saturated rings. The van der Waals surface area contributed by atoms with Crippen molar-refractivity contribution in [2.75, 3.05) is 6.26 Å². The predicted molar refractivity (Wildman–Crippen MR) is 61.7 cm³/mol. The highest BCUT2D eigenvalue weighted by atomic mass is 32.2.